The number of benzene rings is 1. The molecule has 19 heavy (non-hydrogen) atoms. The number of aromatic nitrogens is 1. The minimum atomic E-state index is -0.155. The Bertz CT molecular complexity index is 607. The monoisotopic (exact) mass is 322 g/mol. The van der Waals surface area contributed by atoms with Gasteiger partial charge in [-0.1, -0.05) is 28.1 Å². The van der Waals surface area contributed by atoms with Gasteiger partial charge in [-0.3, -0.25) is 4.79 Å². The Labute approximate surface area is 120 Å². The summed E-state index contributed by atoms with van der Waals surface area (Å²) in [4.78, 5) is 18.0. The van der Waals surface area contributed by atoms with Gasteiger partial charge in [-0.2, -0.15) is 0 Å². The summed E-state index contributed by atoms with van der Waals surface area (Å²) >= 11 is 3.42. The number of halogens is 1. The van der Waals surface area contributed by atoms with Gasteiger partial charge in [0.2, 0.25) is 5.76 Å². The first-order valence-electron chi connectivity index (χ1n) is 5.91. The largest absolute Gasteiger partial charge is 0.436 e. The lowest BCUT2D eigenvalue weighted by atomic mass is 10.2. The Morgan fingerprint density at radius 1 is 1.42 bits per heavy atom. The number of carbonyl (C=O) groups excluding carboxylic acids is 1. The van der Waals surface area contributed by atoms with Gasteiger partial charge in [0.25, 0.3) is 5.91 Å². The number of nitrogens with zero attached hydrogens (tertiary/aromatic N) is 2. The van der Waals surface area contributed by atoms with Crippen LogP contribution < -0.4 is 0 Å². The molecule has 1 heterocycles. The first-order chi connectivity index (χ1) is 8.97. The summed E-state index contributed by atoms with van der Waals surface area (Å²) in [5, 5.41) is 0. The molecule has 0 atom stereocenters. The highest BCUT2D eigenvalue weighted by Crippen LogP contribution is 2.16. The Morgan fingerprint density at radius 2 is 2.16 bits per heavy atom. The summed E-state index contributed by atoms with van der Waals surface area (Å²) in [7, 11) is 1.75. The fraction of sp³-hybridized carbons (Fsp3) is 0.286. The average molecular weight is 323 g/mol. The fourth-order valence-electron chi connectivity index (χ4n) is 1.88. The van der Waals surface area contributed by atoms with Gasteiger partial charge in [-0.05, 0) is 24.6 Å². The summed E-state index contributed by atoms with van der Waals surface area (Å²) in [6, 6.07) is 7.87. The molecular weight excluding hydrogens is 308 g/mol. The normalized spacial score (nSPS) is 10.5. The summed E-state index contributed by atoms with van der Waals surface area (Å²) in [6.45, 7) is 4.03. The number of hydrogen-bond acceptors (Lipinski definition) is 3. The topological polar surface area (TPSA) is 46.3 Å². The van der Waals surface area contributed by atoms with E-state index in [1.54, 1.807) is 25.8 Å². The van der Waals surface area contributed by atoms with Crippen molar-refractivity contribution in [3.63, 3.8) is 0 Å². The highest BCUT2D eigenvalue weighted by atomic mass is 79.9. The molecule has 0 N–H and O–H groups in total. The van der Waals surface area contributed by atoms with E-state index in [1.165, 1.54) is 0 Å². The van der Waals surface area contributed by atoms with E-state index in [0.29, 0.717) is 23.9 Å². The van der Waals surface area contributed by atoms with Crippen molar-refractivity contribution in [3.05, 3.63) is 51.6 Å². The van der Waals surface area contributed by atoms with E-state index in [9.17, 15) is 4.79 Å². The van der Waals surface area contributed by atoms with Crippen molar-refractivity contribution in [3.8, 4) is 0 Å². The molecule has 1 amide bonds. The van der Waals surface area contributed by atoms with Crippen molar-refractivity contribution in [2.24, 2.45) is 0 Å². The van der Waals surface area contributed by atoms with Crippen molar-refractivity contribution in [2.45, 2.75) is 20.4 Å². The van der Waals surface area contributed by atoms with Crippen LogP contribution in [0.3, 0.4) is 0 Å². The molecule has 0 bridgehead atoms. The van der Waals surface area contributed by atoms with Crippen molar-refractivity contribution >= 4 is 21.8 Å². The maximum atomic E-state index is 12.2. The molecule has 0 fully saturated rings. The van der Waals surface area contributed by atoms with E-state index in [4.69, 9.17) is 4.42 Å². The number of hydrogen-bond donors (Lipinski definition) is 0. The quantitative estimate of drug-likeness (QED) is 0.870. The van der Waals surface area contributed by atoms with E-state index in [2.05, 4.69) is 20.9 Å². The van der Waals surface area contributed by atoms with Crippen LogP contribution in [0.5, 0.6) is 0 Å². The van der Waals surface area contributed by atoms with Crippen LogP contribution in [-0.2, 0) is 6.54 Å². The van der Waals surface area contributed by atoms with E-state index >= 15 is 0 Å². The number of amides is 1. The van der Waals surface area contributed by atoms with Crippen molar-refractivity contribution in [1.82, 2.24) is 9.88 Å². The third-order valence-electron chi connectivity index (χ3n) is 2.75. The number of oxazole rings is 1. The Morgan fingerprint density at radius 3 is 2.74 bits per heavy atom. The molecule has 2 rings (SSSR count). The van der Waals surface area contributed by atoms with Gasteiger partial charge in [0.05, 0.1) is 5.69 Å². The van der Waals surface area contributed by atoms with Gasteiger partial charge < -0.3 is 9.32 Å². The van der Waals surface area contributed by atoms with Crippen LogP contribution in [0, 0.1) is 13.8 Å². The van der Waals surface area contributed by atoms with Crippen LogP contribution in [0.4, 0.5) is 0 Å². The zero-order chi connectivity index (χ0) is 14.0. The van der Waals surface area contributed by atoms with Crippen LogP contribution in [0.25, 0.3) is 0 Å². The van der Waals surface area contributed by atoms with Crippen molar-refractivity contribution in [1.29, 1.82) is 0 Å². The van der Waals surface area contributed by atoms with Gasteiger partial charge >= 0.3 is 0 Å². The summed E-state index contributed by atoms with van der Waals surface area (Å²) in [5.74, 6) is 0.671. The minimum Gasteiger partial charge on any atom is -0.436 e. The molecule has 0 unspecified atom stereocenters. The molecule has 0 spiro atoms. The Balaban J connectivity index is 2.14. The highest BCUT2D eigenvalue weighted by molar-refractivity contribution is 9.10. The van der Waals surface area contributed by atoms with Crippen molar-refractivity contribution in [2.75, 3.05) is 7.05 Å². The predicted molar refractivity (Wildman–Crippen MR) is 75.9 cm³/mol. The highest BCUT2D eigenvalue weighted by Gasteiger charge is 2.19. The van der Waals surface area contributed by atoms with E-state index in [1.807, 2.05) is 24.3 Å². The minimum absolute atomic E-state index is 0.155. The molecule has 1 aromatic heterocycles. The number of aryl methyl sites for hydroxylation is 2. The van der Waals surface area contributed by atoms with Crippen molar-refractivity contribution < 1.29 is 9.21 Å². The maximum absolute atomic E-state index is 12.2. The third-order valence-corrected chi connectivity index (χ3v) is 3.25. The molecule has 100 valence electrons. The van der Waals surface area contributed by atoms with Crippen LogP contribution in [0.1, 0.15) is 27.7 Å². The molecule has 4 nitrogen and oxygen atoms in total. The molecule has 2 aromatic rings. The van der Waals surface area contributed by atoms with Crippen LogP contribution in [0.15, 0.2) is 33.2 Å². The van der Waals surface area contributed by atoms with Gasteiger partial charge in [-0.15, -0.1) is 0 Å². The zero-order valence-electron chi connectivity index (χ0n) is 11.1. The molecular formula is C14H15BrN2O2. The predicted octanol–water partition coefficient (Wildman–Crippen LogP) is 3.33. The van der Waals surface area contributed by atoms with Crippen LogP contribution >= 0.6 is 15.9 Å². The third kappa shape index (κ3) is 3.23. The summed E-state index contributed by atoms with van der Waals surface area (Å²) in [5.41, 5.74) is 1.68. The number of rotatable bonds is 3. The molecule has 0 radical (unpaired) electrons. The summed E-state index contributed by atoms with van der Waals surface area (Å²) in [6.07, 6.45) is 0. The lowest BCUT2D eigenvalue weighted by molar-refractivity contribution is 0.0751. The molecule has 1 aromatic carbocycles. The first kappa shape index (κ1) is 13.8. The summed E-state index contributed by atoms with van der Waals surface area (Å²) < 4.78 is 6.34. The standard InChI is InChI=1S/C14H15BrN2O2/c1-9-13(19-10(2)16-9)14(18)17(3)8-11-5-4-6-12(15)7-11/h4-7H,8H2,1-3H3. The Kier molecular flexibility index (Phi) is 4.04. The molecule has 0 saturated carbocycles. The second-order valence-electron chi connectivity index (χ2n) is 4.44. The lowest BCUT2D eigenvalue weighted by Gasteiger charge is -2.16. The second-order valence-corrected chi connectivity index (χ2v) is 5.35. The molecule has 0 aliphatic rings. The fourth-order valence-corrected chi connectivity index (χ4v) is 2.33. The van der Waals surface area contributed by atoms with Crippen LogP contribution in [0.2, 0.25) is 0 Å². The average Bonchev–Trinajstić information content (AvgIpc) is 2.67. The molecule has 5 heteroatoms. The van der Waals surface area contributed by atoms with Gasteiger partial charge in [0.1, 0.15) is 0 Å². The maximum Gasteiger partial charge on any atom is 0.291 e. The Hall–Kier alpha value is -1.62. The molecule has 0 aliphatic carbocycles. The van der Waals surface area contributed by atoms with E-state index in [0.717, 1.165) is 10.0 Å². The van der Waals surface area contributed by atoms with Gasteiger partial charge in [0, 0.05) is 25.0 Å². The SMILES string of the molecule is Cc1nc(C)c(C(=O)N(C)Cc2cccc(Br)c2)o1. The molecule has 0 aliphatic heterocycles. The van der Waals surface area contributed by atoms with Gasteiger partial charge in [-0.25, -0.2) is 4.98 Å². The van der Waals surface area contributed by atoms with Crippen LogP contribution in [-0.4, -0.2) is 22.8 Å². The molecule has 0 saturated heterocycles. The lowest BCUT2D eigenvalue weighted by Crippen LogP contribution is -2.26. The smallest absolute Gasteiger partial charge is 0.291 e. The van der Waals surface area contributed by atoms with E-state index < -0.39 is 0 Å². The second kappa shape index (κ2) is 5.57. The van der Waals surface area contributed by atoms with Gasteiger partial charge in [0.15, 0.2) is 5.89 Å². The number of carbonyl (C=O) groups is 1. The first-order valence-corrected chi connectivity index (χ1v) is 6.70. The van der Waals surface area contributed by atoms with E-state index in [-0.39, 0.29) is 5.91 Å². The zero-order valence-corrected chi connectivity index (χ0v) is 12.7.